The van der Waals surface area contributed by atoms with Gasteiger partial charge < -0.3 is 9.84 Å². The van der Waals surface area contributed by atoms with Crippen molar-refractivity contribution in [2.75, 3.05) is 6.61 Å². The van der Waals surface area contributed by atoms with Crippen LogP contribution < -0.4 is 0 Å². The number of hydrogen-bond donors (Lipinski definition) is 1. The van der Waals surface area contributed by atoms with Gasteiger partial charge in [-0.1, -0.05) is 12.1 Å². The fourth-order valence-corrected chi connectivity index (χ4v) is 1.37. The molecule has 0 spiro atoms. The monoisotopic (exact) mass is 222 g/mol. The van der Waals surface area contributed by atoms with Crippen LogP contribution in [0.3, 0.4) is 0 Å². The molecule has 0 fully saturated rings. The second-order valence-corrected chi connectivity index (χ2v) is 3.98. The minimum Gasteiger partial charge on any atom is -0.459 e. The van der Waals surface area contributed by atoms with E-state index in [1.807, 2.05) is 26.0 Å². The highest BCUT2D eigenvalue weighted by atomic mass is 16.5. The molecule has 0 unspecified atom stereocenters. The summed E-state index contributed by atoms with van der Waals surface area (Å²) >= 11 is 0. The van der Waals surface area contributed by atoms with Crippen LogP contribution in [0.1, 0.15) is 36.2 Å². The molecule has 88 valence electrons. The molecule has 3 heteroatoms. The Balaban J connectivity index is 2.60. The zero-order chi connectivity index (χ0) is 12.0. The predicted molar refractivity (Wildman–Crippen MR) is 62.4 cm³/mol. The molecule has 0 aliphatic heterocycles. The van der Waals surface area contributed by atoms with Crippen LogP contribution in [0.4, 0.5) is 0 Å². The van der Waals surface area contributed by atoms with Gasteiger partial charge in [0.25, 0.3) is 0 Å². The van der Waals surface area contributed by atoms with Gasteiger partial charge in [-0.25, -0.2) is 4.79 Å². The zero-order valence-corrected chi connectivity index (χ0v) is 9.77. The van der Waals surface area contributed by atoms with Gasteiger partial charge in [-0.05, 0) is 44.4 Å². The number of hydrogen-bond acceptors (Lipinski definition) is 3. The fraction of sp³-hybridized carbons (Fsp3) is 0.462. The minimum absolute atomic E-state index is 0.0958. The number of aliphatic hydroxyl groups excluding tert-OH is 1. The van der Waals surface area contributed by atoms with Crippen LogP contribution >= 0.6 is 0 Å². The summed E-state index contributed by atoms with van der Waals surface area (Å²) in [6.07, 6.45) is 1.48. The Hall–Kier alpha value is -1.35. The highest BCUT2D eigenvalue weighted by Gasteiger charge is 2.08. The number of ether oxygens (including phenoxy) is 1. The molecule has 0 amide bonds. The zero-order valence-electron chi connectivity index (χ0n) is 9.77. The molecule has 1 N–H and O–H groups in total. The third kappa shape index (κ3) is 4.03. The summed E-state index contributed by atoms with van der Waals surface area (Å²) < 4.78 is 5.08. The second kappa shape index (κ2) is 6.28. The lowest BCUT2D eigenvalue weighted by Crippen LogP contribution is -2.11. The van der Waals surface area contributed by atoms with E-state index in [2.05, 4.69) is 0 Å². The molecule has 0 saturated heterocycles. The summed E-state index contributed by atoms with van der Waals surface area (Å²) in [5.74, 6) is -0.288. The van der Waals surface area contributed by atoms with E-state index in [9.17, 15) is 4.79 Å². The van der Waals surface area contributed by atoms with Crippen LogP contribution in [0.2, 0.25) is 0 Å². The number of carbonyl (C=O) groups is 1. The maximum Gasteiger partial charge on any atom is 0.338 e. The number of esters is 1. The van der Waals surface area contributed by atoms with Gasteiger partial charge >= 0.3 is 5.97 Å². The number of carbonyl (C=O) groups excluding carboxylic acids is 1. The van der Waals surface area contributed by atoms with Crippen LogP contribution in [-0.2, 0) is 11.2 Å². The Morgan fingerprint density at radius 1 is 1.31 bits per heavy atom. The van der Waals surface area contributed by atoms with E-state index in [1.54, 1.807) is 12.1 Å². The summed E-state index contributed by atoms with van der Waals surface area (Å²) in [6, 6.07) is 7.31. The lowest BCUT2D eigenvalue weighted by Gasteiger charge is -2.08. The highest BCUT2D eigenvalue weighted by Crippen LogP contribution is 2.08. The topological polar surface area (TPSA) is 46.5 Å². The molecular formula is C13H18O3. The first-order valence-electron chi connectivity index (χ1n) is 5.54. The first-order chi connectivity index (χ1) is 7.63. The Morgan fingerprint density at radius 3 is 2.44 bits per heavy atom. The molecule has 0 saturated carbocycles. The molecule has 0 radical (unpaired) electrons. The molecule has 0 heterocycles. The summed E-state index contributed by atoms with van der Waals surface area (Å²) in [5.41, 5.74) is 1.69. The number of benzene rings is 1. The van der Waals surface area contributed by atoms with Crippen LogP contribution in [0.5, 0.6) is 0 Å². The Labute approximate surface area is 96.1 Å². The third-order valence-corrected chi connectivity index (χ3v) is 2.16. The number of rotatable bonds is 5. The van der Waals surface area contributed by atoms with Crippen molar-refractivity contribution in [2.24, 2.45) is 0 Å². The molecule has 16 heavy (non-hydrogen) atoms. The highest BCUT2D eigenvalue weighted by molar-refractivity contribution is 5.89. The van der Waals surface area contributed by atoms with E-state index >= 15 is 0 Å². The maximum atomic E-state index is 11.5. The largest absolute Gasteiger partial charge is 0.459 e. The van der Waals surface area contributed by atoms with Crippen molar-refractivity contribution < 1.29 is 14.6 Å². The van der Waals surface area contributed by atoms with Crippen LogP contribution in [-0.4, -0.2) is 23.8 Å². The van der Waals surface area contributed by atoms with Gasteiger partial charge in [0, 0.05) is 6.61 Å². The molecule has 0 aliphatic rings. The molecule has 1 aromatic rings. The summed E-state index contributed by atoms with van der Waals surface area (Å²) in [7, 11) is 0. The molecule has 0 aromatic heterocycles. The predicted octanol–water partition coefficient (Wildman–Crippen LogP) is 2.18. The molecule has 0 bridgehead atoms. The average molecular weight is 222 g/mol. The quantitative estimate of drug-likeness (QED) is 0.777. The van der Waals surface area contributed by atoms with Gasteiger partial charge in [0.2, 0.25) is 0 Å². The normalized spacial score (nSPS) is 10.5. The molecular weight excluding hydrogens is 204 g/mol. The van der Waals surface area contributed by atoms with Crippen molar-refractivity contribution in [3.8, 4) is 0 Å². The SMILES string of the molecule is CC(C)OC(=O)c1ccc(CCCO)cc1. The number of aryl methyl sites for hydroxylation is 1. The maximum absolute atomic E-state index is 11.5. The van der Waals surface area contributed by atoms with Crippen molar-refractivity contribution in [2.45, 2.75) is 32.8 Å². The van der Waals surface area contributed by atoms with E-state index in [4.69, 9.17) is 9.84 Å². The van der Waals surface area contributed by atoms with Gasteiger partial charge in [-0.15, -0.1) is 0 Å². The molecule has 0 atom stereocenters. The van der Waals surface area contributed by atoms with Crippen molar-refractivity contribution >= 4 is 5.97 Å². The van der Waals surface area contributed by atoms with Crippen molar-refractivity contribution in [1.82, 2.24) is 0 Å². The smallest absolute Gasteiger partial charge is 0.338 e. The van der Waals surface area contributed by atoms with Gasteiger partial charge in [-0.2, -0.15) is 0 Å². The number of aliphatic hydroxyl groups is 1. The van der Waals surface area contributed by atoms with E-state index < -0.39 is 0 Å². The van der Waals surface area contributed by atoms with E-state index in [1.165, 1.54) is 0 Å². The lowest BCUT2D eigenvalue weighted by molar-refractivity contribution is 0.0378. The lowest BCUT2D eigenvalue weighted by atomic mass is 10.1. The van der Waals surface area contributed by atoms with Gasteiger partial charge in [0.1, 0.15) is 0 Å². The second-order valence-electron chi connectivity index (χ2n) is 3.98. The Morgan fingerprint density at radius 2 is 1.94 bits per heavy atom. The van der Waals surface area contributed by atoms with Gasteiger partial charge in [-0.3, -0.25) is 0 Å². The molecule has 0 aliphatic carbocycles. The van der Waals surface area contributed by atoms with Crippen molar-refractivity contribution in [3.05, 3.63) is 35.4 Å². The average Bonchev–Trinajstić information content (AvgIpc) is 2.26. The first kappa shape index (κ1) is 12.7. The first-order valence-corrected chi connectivity index (χ1v) is 5.54. The van der Waals surface area contributed by atoms with E-state index in [0.29, 0.717) is 5.56 Å². The Kier molecular flexibility index (Phi) is 4.99. The molecule has 1 aromatic carbocycles. The van der Waals surface area contributed by atoms with Gasteiger partial charge in [0.05, 0.1) is 11.7 Å². The Bertz CT molecular complexity index is 328. The third-order valence-electron chi connectivity index (χ3n) is 2.16. The molecule has 3 nitrogen and oxygen atoms in total. The summed E-state index contributed by atoms with van der Waals surface area (Å²) in [4.78, 5) is 11.5. The van der Waals surface area contributed by atoms with Crippen LogP contribution in [0.15, 0.2) is 24.3 Å². The molecule has 1 rings (SSSR count). The van der Waals surface area contributed by atoms with Crippen LogP contribution in [0.25, 0.3) is 0 Å². The van der Waals surface area contributed by atoms with Crippen LogP contribution in [0, 0.1) is 0 Å². The van der Waals surface area contributed by atoms with E-state index in [-0.39, 0.29) is 18.7 Å². The fourth-order valence-electron chi connectivity index (χ4n) is 1.37. The van der Waals surface area contributed by atoms with Gasteiger partial charge in [0.15, 0.2) is 0 Å². The van der Waals surface area contributed by atoms with E-state index in [0.717, 1.165) is 18.4 Å². The minimum atomic E-state index is -0.288. The summed E-state index contributed by atoms with van der Waals surface area (Å²) in [6.45, 7) is 3.85. The van der Waals surface area contributed by atoms with Crippen molar-refractivity contribution in [1.29, 1.82) is 0 Å². The standard InChI is InChI=1S/C13H18O3/c1-10(2)16-13(15)12-7-5-11(6-8-12)4-3-9-14/h5-8,10,14H,3-4,9H2,1-2H3. The van der Waals surface area contributed by atoms with Crippen molar-refractivity contribution in [3.63, 3.8) is 0 Å². The summed E-state index contributed by atoms with van der Waals surface area (Å²) in [5, 5.41) is 8.70.